The van der Waals surface area contributed by atoms with E-state index in [1.807, 2.05) is 0 Å². The molecule has 0 radical (unpaired) electrons. The van der Waals surface area contributed by atoms with Crippen molar-refractivity contribution in [1.82, 2.24) is 4.72 Å². The van der Waals surface area contributed by atoms with E-state index < -0.39 is 26.7 Å². The Morgan fingerprint density at radius 3 is 2.82 bits per heavy atom. The van der Waals surface area contributed by atoms with Crippen LogP contribution in [0, 0.1) is 10.1 Å². The highest BCUT2D eigenvalue weighted by Crippen LogP contribution is 2.32. The average molecular weight is 322 g/mol. The molecule has 8 heteroatoms. The number of para-hydroxylation sites is 1. The number of nitro benzene ring substituents is 1. The van der Waals surface area contributed by atoms with Crippen molar-refractivity contribution in [2.24, 2.45) is 0 Å². The van der Waals surface area contributed by atoms with Gasteiger partial charge in [0.05, 0.1) is 17.2 Å². The van der Waals surface area contributed by atoms with E-state index in [4.69, 9.17) is 4.42 Å². The van der Waals surface area contributed by atoms with Crippen molar-refractivity contribution in [3.8, 4) is 0 Å². The molecular formula is C14H14N2O5S. The summed E-state index contributed by atoms with van der Waals surface area (Å²) in [4.78, 5) is 10.00. The van der Waals surface area contributed by atoms with Gasteiger partial charge in [-0.15, -0.1) is 0 Å². The molecule has 1 heterocycles. The molecule has 3 rings (SSSR count). The summed E-state index contributed by atoms with van der Waals surface area (Å²) in [6.45, 7) is 0. The Labute approximate surface area is 127 Å². The highest BCUT2D eigenvalue weighted by Gasteiger charge is 2.31. The maximum absolute atomic E-state index is 12.5. The summed E-state index contributed by atoms with van der Waals surface area (Å²) in [5.41, 5.74) is 0.367. The van der Waals surface area contributed by atoms with Crippen LogP contribution in [0.15, 0.2) is 45.9 Å². The topological polar surface area (TPSA) is 102 Å². The first-order chi connectivity index (χ1) is 10.5. The van der Waals surface area contributed by atoms with Crippen molar-refractivity contribution >= 4 is 15.7 Å². The van der Waals surface area contributed by atoms with Crippen LogP contribution in [0.5, 0.6) is 0 Å². The quantitative estimate of drug-likeness (QED) is 0.688. The molecule has 0 aliphatic heterocycles. The van der Waals surface area contributed by atoms with Gasteiger partial charge in [0.1, 0.15) is 5.76 Å². The van der Waals surface area contributed by atoms with Gasteiger partial charge in [0.25, 0.3) is 5.69 Å². The molecule has 1 unspecified atom stereocenters. The van der Waals surface area contributed by atoms with Gasteiger partial charge < -0.3 is 4.42 Å². The van der Waals surface area contributed by atoms with E-state index in [9.17, 15) is 18.5 Å². The third-order valence-electron chi connectivity index (χ3n) is 3.70. The Kier molecular flexibility index (Phi) is 3.71. The van der Waals surface area contributed by atoms with E-state index in [-0.39, 0.29) is 4.90 Å². The number of aryl methyl sites for hydroxylation is 1. The summed E-state index contributed by atoms with van der Waals surface area (Å²) in [6.07, 6.45) is 3.73. The number of furan rings is 1. The average Bonchev–Trinajstić information content (AvgIpc) is 2.96. The Morgan fingerprint density at radius 2 is 2.05 bits per heavy atom. The van der Waals surface area contributed by atoms with Crippen molar-refractivity contribution in [2.45, 2.75) is 30.2 Å². The molecule has 1 aromatic carbocycles. The Hall–Kier alpha value is -2.19. The number of nitro groups is 1. The third-order valence-corrected chi connectivity index (χ3v) is 5.22. The molecular weight excluding hydrogens is 308 g/mol. The van der Waals surface area contributed by atoms with E-state index >= 15 is 0 Å². The zero-order chi connectivity index (χ0) is 15.7. The summed E-state index contributed by atoms with van der Waals surface area (Å²) >= 11 is 0. The molecule has 0 saturated heterocycles. The Balaban J connectivity index is 1.95. The molecule has 0 fully saturated rings. The van der Waals surface area contributed by atoms with Crippen molar-refractivity contribution in [3.63, 3.8) is 0 Å². The third kappa shape index (κ3) is 2.62. The molecule has 7 nitrogen and oxygen atoms in total. The van der Waals surface area contributed by atoms with Crippen LogP contribution in [0.1, 0.15) is 30.2 Å². The van der Waals surface area contributed by atoms with Gasteiger partial charge in [0.2, 0.25) is 10.0 Å². The maximum atomic E-state index is 12.5. The minimum atomic E-state index is -3.99. The van der Waals surface area contributed by atoms with E-state index in [2.05, 4.69) is 4.72 Å². The number of fused-ring (bicyclic) bond motifs is 1. The molecule has 1 atom stereocenters. The predicted molar refractivity (Wildman–Crippen MR) is 77.8 cm³/mol. The number of benzene rings is 1. The van der Waals surface area contributed by atoms with Gasteiger partial charge in [-0.2, -0.15) is 0 Å². The van der Waals surface area contributed by atoms with E-state index in [1.54, 1.807) is 6.07 Å². The highest BCUT2D eigenvalue weighted by molar-refractivity contribution is 7.89. The molecule has 22 heavy (non-hydrogen) atoms. The van der Waals surface area contributed by atoms with Gasteiger partial charge in [-0.05, 0) is 25.0 Å². The van der Waals surface area contributed by atoms with Gasteiger partial charge in [0, 0.05) is 18.1 Å². The molecule has 0 amide bonds. The minimum absolute atomic E-state index is 0.324. The highest BCUT2D eigenvalue weighted by atomic mass is 32.2. The lowest BCUT2D eigenvalue weighted by Gasteiger charge is -2.22. The standard InChI is InChI=1S/C14H14N2O5S/c17-16(18)12-5-1-2-7-14(12)22(19,20)15-11-4-3-6-13-10(11)8-9-21-13/h1-2,5,7-9,11,15H,3-4,6H2. The van der Waals surface area contributed by atoms with Crippen LogP contribution in [0.2, 0.25) is 0 Å². The van der Waals surface area contributed by atoms with Gasteiger partial charge in [-0.1, -0.05) is 12.1 Å². The number of hydrogen-bond acceptors (Lipinski definition) is 5. The number of rotatable bonds is 4. The zero-order valence-corrected chi connectivity index (χ0v) is 12.4. The van der Waals surface area contributed by atoms with Crippen LogP contribution < -0.4 is 4.72 Å². The van der Waals surface area contributed by atoms with Crippen LogP contribution in [0.4, 0.5) is 5.69 Å². The number of hydrogen-bond donors (Lipinski definition) is 1. The Morgan fingerprint density at radius 1 is 1.27 bits per heavy atom. The van der Waals surface area contributed by atoms with Gasteiger partial charge in [-0.3, -0.25) is 10.1 Å². The second kappa shape index (κ2) is 5.54. The van der Waals surface area contributed by atoms with Crippen molar-refractivity contribution in [3.05, 3.63) is 58.0 Å². The van der Waals surface area contributed by atoms with Crippen LogP contribution in [0.3, 0.4) is 0 Å². The first kappa shape index (κ1) is 14.7. The van der Waals surface area contributed by atoms with E-state index in [0.29, 0.717) is 6.42 Å². The van der Waals surface area contributed by atoms with Crippen LogP contribution in [-0.2, 0) is 16.4 Å². The lowest BCUT2D eigenvalue weighted by molar-refractivity contribution is -0.387. The van der Waals surface area contributed by atoms with Gasteiger partial charge in [-0.25, -0.2) is 13.1 Å². The lowest BCUT2D eigenvalue weighted by atomic mass is 9.94. The molecule has 2 aromatic rings. The molecule has 1 N–H and O–H groups in total. The van der Waals surface area contributed by atoms with E-state index in [1.165, 1.54) is 30.5 Å². The minimum Gasteiger partial charge on any atom is -0.469 e. The number of nitrogens with one attached hydrogen (secondary N) is 1. The molecule has 0 saturated carbocycles. The van der Waals surface area contributed by atoms with E-state index in [0.717, 1.165) is 24.2 Å². The number of nitrogens with zero attached hydrogens (tertiary/aromatic N) is 1. The lowest BCUT2D eigenvalue weighted by Crippen LogP contribution is -2.31. The summed E-state index contributed by atoms with van der Waals surface area (Å²) < 4.78 is 32.9. The zero-order valence-electron chi connectivity index (χ0n) is 11.6. The van der Waals surface area contributed by atoms with Gasteiger partial charge in [0.15, 0.2) is 4.90 Å². The van der Waals surface area contributed by atoms with Gasteiger partial charge >= 0.3 is 0 Å². The monoisotopic (exact) mass is 322 g/mol. The first-order valence-corrected chi connectivity index (χ1v) is 8.29. The summed E-state index contributed by atoms with van der Waals surface area (Å²) in [5.74, 6) is 0.765. The second-order valence-electron chi connectivity index (χ2n) is 5.09. The fourth-order valence-corrected chi connectivity index (χ4v) is 4.12. The molecule has 1 aromatic heterocycles. The first-order valence-electron chi connectivity index (χ1n) is 6.81. The summed E-state index contributed by atoms with van der Waals surface area (Å²) in [5, 5.41) is 11.0. The fraction of sp³-hybridized carbons (Fsp3) is 0.286. The predicted octanol–water partition coefficient (Wildman–Crippen LogP) is 2.54. The van der Waals surface area contributed by atoms with Crippen LogP contribution in [0.25, 0.3) is 0 Å². The smallest absolute Gasteiger partial charge is 0.289 e. The summed E-state index contributed by atoms with van der Waals surface area (Å²) in [7, 11) is -3.99. The summed E-state index contributed by atoms with van der Waals surface area (Å²) in [6, 6.07) is 6.63. The molecule has 0 spiro atoms. The fourth-order valence-electron chi connectivity index (χ4n) is 2.69. The Bertz CT molecular complexity index is 812. The molecule has 1 aliphatic carbocycles. The SMILES string of the molecule is O=[N+]([O-])c1ccccc1S(=O)(=O)NC1CCCc2occc21. The molecule has 0 bridgehead atoms. The maximum Gasteiger partial charge on any atom is 0.289 e. The number of sulfonamides is 1. The molecule has 116 valence electrons. The van der Waals surface area contributed by atoms with Crippen molar-refractivity contribution in [2.75, 3.05) is 0 Å². The normalized spacial score (nSPS) is 17.9. The van der Waals surface area contributed by atoms with Crippen molar-refractivity contribution in [1.29, 1.82) is 0 Å². The molecule has 1 aliphatic rings. The van der Waals surface area contributed by atoms with Crippen LogP contribution in [-0.4, -0.2) is 13.3 Å². The largest absolute Gasteiger partial charge is 0.469 e. The van der Waals surface area contributed by atoms with Crippen LogP contribution >= 0.6 is 0 Å². The van der Waals surface area contributed by atoms with Crippen molar-refractivity contribution < 1.29 is 17.8 Å². The second-order valence-corrected chi connectivity index (χ2v) is 6.77.